The van der Waals surface area contributed by atoms with Crippen LogP contribution in [0.5, 0.6) is 11.5 Å². The number of primary amides is 1. The molecule has 0 saturated heterocycles. The van der Waals surface area contributed by atoms with Crippen LogP contribution in [0.1, 0.15) is 28.2 Å². The van der Waals surface area contributed by atoms with Gasteiger partial charge in [-0.2, -0.15) is 5.26 Å². The highest BCUT2D eigenvalue weighted by atomic mass is 16.5. The molecule has 3 rings (SSSR count). The van der Waals surface area contributed by atoms with Gasteiger partial charge in [0.15, 0.2) is 11.3 Å². The average Bonchev–Trinajstić information content (AvgIpc) is 2.84. The zero-order chi connectivity index (χ0) is 24.0. The molecule has 7 heteroatoms. The first-order valence-electron chi connectivity index (χ1n) is 10.2. The minimum atomic E-state index is -2.00. The van der Waals surface area contributed by atoms with Crippen molar-refractivity contribution in [2.45, 2.75) is 17.9 Å². The Bertz CT molecular complexity index is 1140. The maximum absolute atomic E-state index is 13.9. The molecule has 0 aromatic heterocycles. The van der Waals surface area contributed by atoms with Crippen LogP contribution >= 0.6 is 0 Å². The van der Waals surface area contributed by atoms with E-state index in [-0.39, 0.29) is 6.42 Å². The third kappa shape index (κ3) is 5.03. The van der Waals surface area contributed by atoms with Gasteiger partial charge >= 0.3 is 0 Å². The van der Waals surface area contributed by atoms with Crippen molar-refractivity contribution in [3.63, 3.8) is 0 Å². The molecule has 0 aliphatic rings. The van der Waals surface area contributed by atoms with Crippen LogP contribution in [0.4, 0.5) is 0 Å². The molecule has 0 aliphatic heterocycles. The number of methoxy groups -OCH3 is 2. The molecule has 0 unspecified atom stereocenters. The highest BCUT2D eigenvalue weighted by Crippen LogP contribution is 2.32. The number of hydrogen-bond donors (Lipinski definition) is 2. The van der Waals surface area contributed by atoms with E-state index in [0.29, 0.717) is 33.8 Å². The molecule has 0 spiro atoms. The fourth-order valence-corrected chi connectivity index (χ4v) is 3.71. The molecule has 1 amide bonds. The van der Waals surface area contributed by atoms with Crippen molar-refractivity contribution in [2.75, 3.05) is 14.2 Å². The highest BCUT2D eigenvalue weighted by molar-refractivity contribution is 6.13. The number of nitrogens with two attached hydrogens (primary N) is 2. The van der Waals surface area contributed by atoms with Crippen LogP contribution in [-0.4, -0.2) is 31.4 Å². The number of ether oxygens (including phenoxy) is 2. The number of carbonyl (C=O) groups is 2. The molecule has 4 N–H and O–H groups in total. The predicted molar refractivity (Wildman–Crippen MR) is 124 cm³/mol. The first-order valence-corrected chi connectivity index (χ1v) is 10.2. The average molecular weight is 444 g/mol. The fourth-order valence-electron chi connectivity index (χ4n) is 3.71. The van der Waals surface area contributed by atoms with E-state index < -0.39 is 23.1 Å². The molecule has 0 aliphatic carbocycles. The topological polar surface area (TPSA) is 128 Å². The summed E-state index contributed by atoms with van der Waals surface area (Å²) in [4.78, 5) is 26.5. The molecule has 0 saturated carbocycles. The molecule has 0 bridgehead atoms. The van der Waals surface area contributed by atoms with E-state index >= 15 is 0 Å². The van der Waals surface area contributed by atoms with Crippen molar-refractivity contribution in [1.29, 1.82) is 5.26 Å². The zero-order valence-corrected chi connectivity index (χ0v) is 18.4. The molecule has 0 heterocycles. The molecule has 33 heavy (non-hydrogen) atoms. The minimum absolute atomic E-state index is 0.139. The van der Waals surface area contributed by atoms with Gasteiger partial charge in [0.25, 0.3) is 0 Å². The van der Waals surface area contributed by atoms with E-state index in [0.717, 1.165) is 0 Å². The zero-order valence-electron chi connectivity index (χ0n) is 18.4. The van der Waals surface area contributed by atoms with Gasteiger partial charge in [-0.25, -0.2) is 0 Å². The Morgan fingerprint density at radius 3 is 1.88 bits per heavy atom. The van der Waals surface area contributed by atoms with E-state index in [1.165, 1.54) is 0 Å². The summed E-state index contributed by atoms with van der Waals surface area (Å²) >= 11 is 0. The second-order valence-corrected chi connectivity index (χ2v) is 7.67. The Balaban J connectivity index is 2.09. The SMILES string of the molecule is COc1ccc(C(C(=O)[C@](N)(Cc2cccc(C#N)c2)C(N)=O)c2ccc(OC)cc2)cc1. The van der Waals surface area contributed by atoms with E-state index in [9.17, 15) is 14.9 Å². The number of nitriles is 1. The van der Waals surface area contributed by atoms with Crippen LogP contribution in [0.2, 0.25) is 0 Å². The molecule has 7 nitrogen and oxygen atoms in total. The molecule has 3 aromatic carbocycles. The molecular formula is C26H25N3O4. The van der Waals surface area contributed by atoms with Crippen molar-refractivity contribution in [1.82, 2.24) is 0 Å². The van der Waals surface area contributed by atoms with Crippen molar-refractivity contribution >= 4 is 11.7 Å². The predicted octanol–water partition coefficient (Wildman–Crippen LogP) is 2.70. The Kier molecular flexibility index (Phi) is 7.11. The second kappa shape index (κ2) is 9.98. The van der Waals surface area contributed by atoms with Crippen molar-refractivity contribution < 1.29 is 19.1 Å². The summed E-state index contributed by atoms with van der Waals surface area (Å²) in [6.07, 6.45) is -0.139. The van der Waals surface area contributed by atoms with Crippen molar-refractivity contribution in [3.05, 3.63) is 95.1 Å². The van der Waals surface area contributed by atoms with Gasteiger partial charge in [0, 0.05) is 6.42 Å². The van der Waals surface area contributed by atoms with Gasteiger partial charge in [-0.05, 0) is 53.1 Å². The lowest BCUT2D eigenvalue weighted by atomic mass is 9.75. The maximum Gasteiger partial charge on any atom is 0.245 e. The van der Waals surface area contributed by atoms with Gasteiger partial charge in [-0.15, -0.1) is 0 Å². The number of benzene rings is 3. The number of ketones is 1. The molecule has 168 valence electrons. The van der Waals surface area contributed by atoms with Crippen molar-refractivity contribution in [2.24, 2.45) is 11.5 Å². The lowest BCUT2D eigenvalue weighted by Gasteiger charge is -2.30. The third-order valence-electron chi connectivity index (χ3n) is 5.58. The van der Waals surface area contributed by atoms with Crippen LogP contribution in [0.3, 0.4) is 0 Å². The monoisotopic (exact) mass is 443 g/mol. The summed E-state index contributed by atoms with van der Waals surface area (Å²) in [5.41, 5.74) is 12.3. The number of Topliss-reactive ketones (excluding diaryl/α,β-unsaturated/α-hetero) is 1. The van der Waals surface area contributed by atoms with Gasteiger partial charge in [0.1, 0.15) is 11.5 Å². The largest absolute Gasteiger partial charge is 0.497 e. The maximum atomic E-state index is 13.9. The summed E-state index contributed by atoms with van der Waals surface area (Å²) in [7, 11) is 3.10. The summed E-state index contributed by atoms with van der Waals surface area (Å²) in [5, 5.41) is 9.19. The lowest BCUT2D eigenvalue weighted by Crippen LogP contribution is -2.61. The Hall–Kier alpha value is -4.15. The van der Waals surface area contributed by atoms with Crippen molar-refractivity contribution in [3.8, 4) is 17.6 Å². The second-order valence-electron chi connectivity index (χ2n) is 7.67. The first kappa shape index (κ1) is 23.5. The van der Waals surface area contributed by atoms with Gasteiger partial charge in [0.05, 0.1) is 31.8 Å². The quantitative estimate of drug-likeness (QED) is 0.489. The summed E-state index contributed by atoms with van der Waals surface area (Å²) in [5.74, 6) is -1.10. The number of hydrogen-bond acceptors (Lipinski definition) is 6. The third-order valence-corrected chi connectivity index (χ3v) is 5.58. The summed E-state index contributed by atoms with van der Waals surface area (Å²) in [6, 6.07) is 22.6. The molecular weight excluding hydrogens is 418 g/mol. The normalized spacial score (nSPS) is 12.5. The van der Waals surface area contributed by atoms with Gasteiger partial charge in [0.2, 0.25) is 5.91 Å². The van der Waals surface area contributed by atoms with Crippen LogP contribution in [0.25, 0.3) is 0 Å². The van der Waals surface area contributed by atoms with E-state index in [2.05, 4.69) is 0 Å². The Labute approximate surface area is 192 Å². The number of amides is 1. The molecule has 0 fully saturated rings. The fraction of sp³-hybridized carbons (Fsp3) is 0.192. The molecule has 1 atom stereocenters. The van der Waals surface area contributed by atoms with Gasteiger partial charge in [-0.3, -0.25) is 9.59 Å². The highest BCUT2D eigenvalue weighted by Gasteiger charge is 2.45. The molecule has 0 radical (unpaired) electrons. The first-order chi connectivity index (χ1) is 15.8. The van der Waals surface area contributed by atoms with Crippen LogP contribution in [-0.2, 0) is 16.0 Å². The number of rotatable bonds is 9. The number of carbonyl (C=O) groups excluding carboxylic acids is 2. The van der Waals surface area contributed by atoms with Crippen LogP contribution in [0, 0.1) is 11.3 Å². The van der Waals surface area contributed by atoms with E-state index in [1.54, 1.807) is 87.0 Å². The van der Waals surface area contributed by atoms with Gasteiger partial charge in [-0.1, -0.05) is 36.4 Å². The van der Waals surface area contributed by atoms with Crippen LogP contribution < -0.4 is 20.9 Å². The van der Waals surface area contributed by atoms with E-state index in [1.807, 2.05) is 6.07 Å². The minimum Gasteiger partial charge on any atom is -0.497 e. The Morgan fingerprint density at radius 1 is 0.939 bits per heavy atom. The van der Waals surface area contributed by atoms with Gasteiger partial charge < -0.3 is 20.9 Å². The lowest BCUT2D eigenvalue weighted by molar-refractivity contribution is -0.134. The smallest absolute Gasteiger partial charge is 0.245 e. The van der Waals surface area contributed by atoms with E-state index in [4.69, 9.17) is 20.9 Å². The standard InChI is InChI=1S/C26H25N3O4/c1-32-21-10-6-19(7-11-21)23(20-8-12-22(33-2)13-9-20)24(30)26(29,25(28)31)15-17-4-3-5-18(14-17)16-27/h3-14,23H,15,29H2,1-2H3,(H2,28,31)/t26-/m1/s1. The summed E-state index contributed by atoms with van der Waals surface area (Å²) < 4.78 is 10.5. The molecule has 3 aromatic rings. The number of nitrogens with zero attached hydrogens (tertiary/aromatic N) is 1. The van der Waals surface area contributed by atoms with Crippen LogP contribution in [0.15, 0.2) is 72.8 Å². The Morgan fingerprint density at radius 2 is 1.45 bits per heavy atom. The summed E-state index contributed by atoms with van der Waals surface area (Å²) in [6.45, 7) is 0.